The van der Waals surface area contributed by atoms with Gasteiger partial charge in [-0.3, -0.25) is 19.7 Å². The molecule has 3 N–H and O–H groups in total. The molecule has 0 bridgehead atoms. The summed E-state index contributed by atoms with van der Waals surface area (Å²) >= 11 is 1.64. The van der Waals surface area contributed by atoms with Crippen LogP contribution >= 0.6 is 11.8 Å². The number of piperazine rings is 1. The third-order valence-corrected chi connectivity index (χ3v) is 7.07. The molecule has 5 amide bonds. The van der Waals surface area contributed by atoms with Crippen molar-refractivity contribution in [1.29, 1.82) is 0 Å². The smallest absolute Gasteiger partial charge is 0.320 e. The van der Waals surface area contributed by atoms with E-state index in [0.29, 0.717) is 57.4 Å². The number of ether oxygens (including phenoxy) is 1. The predicted octanol–water partition coefficient (Wildman–Crippen LogP) is -1.99. The number of hydrogen-bond acceptors (Lipinski definition) is 7. The van der Waals surface area contributed by atoms with Gasteiger partial charge in [0.25, 0.3) is 0 Å². The molecule has 0 unspecified atom stereocenters. The molecule has 0 saturated carbocycles. The van der Waals surface area contributed by atoms with Crippen LogP contribution < -0.4 is 16.0 Å². The van der Waals surface area contributed by atoms with Gasteiger partial charge in [0.05, 0.1) is 25.8 Å². The van der Waals surface area contributed by atoms with Crippen LogP contribution in [0.5, 0.6) is 0 Å². The molecule has 3 atom stereocenters. The zero-order chi connectivity index (χ0) is 21.8. The van der Waals surface area contributed by atoms with E-state index in [1.807, 2.05) is 0 Å². The van der Waals surface area contributed by atoms with Crippen molar-refractivity contribution < 1.29 is 23.9 Å². The molecule has 4 heterocycles. The van der Waals surface area contributed by atoms with Crippen molar-refractivity contribution in [3.8, 4) is 0 Å². The third-order valence-electron chi connectivity index (χ3n) is 6.13. The van der Waals surface area contributed by atoms with E-state index in [2.05, 4.69) is 16.0 Å². The first-order valence-electron chi connectivity index (χ1n) is 10.9. The second-order valence-corrected chi connectivity index (χ2v) is 9.17. The first kappa shape index (κ1) is 22.2. The minimum Gasteiger partial charge on any atom is -0.378 e. The summed E-state index contributed by atoms with van der Waals surface area (Å²) in [6, 6.07) is -1.91. The van der Waals surface area contributed by atoms with E-state index in [1.54, 1.807) is 26.5 Å². The van der Waals surface area contributed by atoms with E-state index >= 15 is 0 Å². The number of morpholine rings is 1. The number of urea groups is 1. The fourth-order valence-corrected chi connectivity index (χ4v) is 5.26. The van der Waals surface area contributed by atoms with Crippen molar-refractivity contribution in [2.75, 3.05) is 64.1 Å². The predicted molar refractivity (Wildman–Crippen MR) is 113 cm³/mol. The van der Waals surface area contributed by atoms with E-state index in [0.717, 1.165) is 6.42 Å². The quantitative estimate of drug-likeness (QED) is 0.451. The monoisotopic (exact) mass is 454 g/mol. The average molecular weight is 455 g/mol. The highest BCUT2D eigenvalue weighted by atomic mass is 32.2. The lowest BCUT2D eigenvalue weighted by Crippen LogP contribution is -2.66. The molecular formula is C19H30N6O5S. The molecule has 0 aliphatic carbocycles. The summed E-state index contributed by atoms with van der Waals surface area (Å²) in [5.74, 6) is 0.636. The van der Waals surface area contributed by atoms with E-state index < -0.39 is 12.1 Å². The molecule has 4 aliphatic heterocycles. The van der Waals surface area contributed by atoms with Crippen LogP contribution in [0, 0.1) is 0 Å². The van der Waals surface area contributed by atoms with Gasteiger partial charge in [-0.1, -0.05) is 0 Å². The highest BCUT2D eigenvalue weighted by Crippen LogP contribution is 2.19. The second kappa shape index (κ2) is 10.0. The Bertz CT molecular complexity index is 712. The minimum absolute atomic E-state index is 0.113. The second-order valence-electron chi connectivity index (χ2n) is 8.14. The Morgan fingerprint density at radius 1 is 1.10 bits per heavy atom. The van der Waals surface area contributed by atoms with Crippen LogP contribution in [0.3, 0.4) is 0 Å². The van der Waals surface area contributed by atoms with Crippen LogP contribution in [0.4, 0.5) is 4.79 Å². The molecule has 11 nitrogen and oxygen atoms in total. The number of amides is 5. The Labute approximate surface area is 185 Å². The first-order valence-corrected chi connectivity index (χ1v) is 12.0. The van der Waals surface area contributed by atoms with Crippen molar-refractivity contribution in [3.05, 3.63) is 0 Å². The van der Waals surface area contributed by atoms with Gasteiger partial charge in [0.15, 0.2) is 0 Å². The summed E-state index contributed by atoms with van der Waals surface area (Å²) in [6.45, 7) is 3.39. The Balaban J connectivity index is 1.47. The van der Waals surface area contributed by atoms with Crippen LogP contribution in [0.25, 0.3) is 0 Å². The fourth-order valence-electron chi connectivity index (χ4n) is 4.33. The Morgan fingerprint density at radius 2 is 1.90 bits per heavy atom. The van der Waals surface area contributed by atoms with E-state index in [4.69, 9.17) is 4.74 Å². The number of thioether (sulfide) groups is 1. The van der Waals surface area contributed by atoms with Crippen molar-refractivity contribution in [3.63, 3.8) is 0 Å². The summed E-state index contributed by atoms with van der Waals surface area (Å²) in [7, 11) is 0. The molecule has 4 fully saturated rings. The van der Waals surface area contributed by atoms with Gasteiger partial charge in [-0.2, -0.15) is 0 Å². The van der Waals surface area contributed by atoms with Gasteiger partial charge < -0.3 is 30.1 Å². The Kier molecular flexibility index (Phi) is 7.18. The molecule has 0 radical (unpaired) electrons. The molecule has 0 spiro atoms. The molecule has 0 aromatic heterocycles. The summed E-state index contributed by atoms with van der Waals surface area (Å²) < 4.78 is 5.32. The molecule has 31 heavy (non-hydrogen) atoms. The molecular weight excluding hydrogens is 424 g/mol. The average Bonchev–Trinajstić information content (AvgIpc) is 3.35. The molecule has 4 saturated heterocycles. The van der Waals surface area contributed by atoms with Gasteiger partial charge >= 0.3 is 6.03 Å². The van der Waals surface area contributed by atoms with Gasteiger partial charge in [-0.25, -0.2) is 4.79 Å². The number of carbonyl (C=O) groups excluding carboxylic acids is 4. The van der Waals surface area contributed by atoms with Crippen LogP contribution in [-0.4, -0.2) is 121 Å². The molecule has 12 heteroatoms. The SMILES string of the molecule is O=C1NCCC[C@@H]1NC(=O)[C@H]1CN(C(=O)N2CCOCC2)CCN1C(=O)[C@@H]1CSCN1. The van der Waals surface area contributed by atoms with Gasteiger partial charge in [0, 0.05) is 44.4 Å². The fraction of sp³-hybridized carbons (Fsp3) is 0.789. The van der Waals surface area contributed by atoms with Gasteiger partial charge in [0.1, 0.15) is 12.1 Å². The van der Waals surface area contributed by atoms with Crippen molar-refractivity contribution in [2.24, 2.45) is 0 Å². The first-order chi connectivity index (χ1) is 15.0. The highest BCUT2D eigenvalue weighted by molar-refractivity contribution is 7.99. The van der Waals surface area contributed by atoms with Crippen molar-refractivity contribution in [2.45, 2.75) is 31.0 Å². The van der Waals surface area contributed by atoms with Gasteiger partial charge in [-0.05, 0) is 12.8 Å². The molecule has 4 aliphatic rings. The van der Waals surface area contributed by atoms with Crippen molar-refractivity contribution in [1.82, 2.24) is 30.7 Å². The summed E-state index contributed by atoms with van der Waals surface area (Å²) in [5.41, 5.74) is 0. The zero-order valence-corrected chi connectivity index (χ0v) is 18.3. The molecule has 172 valence electrons. The molecule has 4 rings (SSSR count). The van der Waals surface area contributed by atoms with Crippen LogP contribution in [0.2, 0.25) is 0 Å². The third kappa shape index (κ3) is 5.07. The van der Waals surface area contributed by atoms with E-state index in [-0.39, 0.29) is 42.9 Å². The summed E-state index contributed by atoms with van der Waals surface area (Å²) in [5, 5.41) is 8.73. The van der Waals surface area contributed by atoms with Gasteiger partial charge in [-0.15, -0.1) is 11.8 Å². The maximum Gasteiger partial charge on any atom is 0.320 e. The Hall–Kier alpha value is -2.05. The maximum absolute atomic E-state index is 13.2. The minimum atomic E-state index is -0.826. The summed E-state index contributed by atoms with van der Waals surface area (Å²) in [4.78, 5) is 56.3. The van der Waals surface area contributed by atoms with Gasteiger partial charge in [0.2, 0.25) is 17.7 Å². The lowest BCUT2D eigenvalue weighted by Gasteiger charge is -2.43. The van der Waals surface area contributed by atoms with Crippen LogP contribution in [0.15, 0.2) is 0 Å². The van der Waals surface area contributed by atoms with Crippen LogP contribution in [0.1, 0.15) is 12.8 Å². The normalized spacial score (nSPS) is 29.5. The van der Waals surface area contributed by atoms with E-state index in [9.17, 15) is 19.2 Å². The van der Waals surface area contributed by atoms with Crippen molar-refractivity contribution >= 4 is 35.5 Å². The lowest BCUT2D eigenvalue weighted by atomic mass is 10.0. The Morgan fingerprint density at radius 3 is 2.61 bits per heavy atom. The van der Waals surface area contributed by atoms with E-state index in [1.165, 1.54) is 0 Å². The standard InChI is InChI=1S/C19H30N6O5S/c26-16-13(2-1-3-20-16)22-17(27)15-10-24(19(29)23-6-8-30-9-7-23)4-5-25(15)18(28)14-11-31-12-21-14/h13-15,21H,1-12H2,(H,20,26)(H,22,27)/t13-,14-,15+/m0/s1. The van der Waals surface area contributed by atoms with Crippen LogP contribution in [-0.2, 0) is 19.1 Å². The number of carbonyl (C=O) groups is 4. The number of nitrogens with one attached hydrogen (secondary N) is 3. The summed E-state index contributed by atoms with van der Waals surface area (Å²) in [6.07, 6.45) is 1.35. The number of nitrogens with zero attached hydrogens (tertiary/aromatic N) is 3. The lowest BCUT2D eigenvalue weighted by molar-refractivity contribution is -0.145. The number of piperidine rings is 1. The number of hydrogen-bond donors (Lipinski definition) is 3. The largest absolute Gasteiger partial charge is 0.378 e. The highest BCUT2D eigenvalue weighted by Gasteiger charge is 2.41. The maximum atomic E-state index is 13.2. The number of rotatable bonds is 3. The topological polar surface area (TPSA) is 123 Å². The molecule has 0 aromatic carbocycles. The zero-order valence-electron chi connectivity index (χ0n) is 17.5. The molecule has 0 aromatic rings.